The Morgan fingerprint density at radius 2 is 2.11 bits per heavy atom. The molecule has 2 aromatic rings. The van der Waals surface area contributed by atoms with Crippen molar-refractivity contribution in [2.24, 2.45) is 0 Å². The zero-order chi connectivity index (χ0) is 12.4. The van der Waals surface area contributed by atoms with Gasteiger partial charge in [0.1, 0.15) is 6.10 Å². The van der Waals surface area contributed by atoms with Crippen LogP contribution in [0, 0.1) is 0 Å². The highest BCUT2D eigenvalue weighted by atomic mass is 35.5. The maximum Gasteiger partial charge on any atom is 0.101 e. The van der Waals surface area contributed by atoms with Crippen LogP contribution in [0.1, 0.15) is 18.2 Å². The largest absolute Gasteiger partial charge is 0.371 e. The fourth-order valence-corrected chi connectivity index (χ4v) is 2.40. The summed E-state index contributed by atoms with van der Waals surface area (Å²) < 4.78 is 5.81. The summed E-state index contributed by atoms with van der Waals surface area (Å²) in [6.07, 6.45) is 1.04. The zero-order valence-corrected chi connectivity index (χ0v) is 10.8. The van der Waals surface area contributed by atoms with E-state index in [0.717, 1.165) is 47.7 Å². The highest BCUT2D eigenvalue weighted by Gasteiger charge is 2.16. The van der Waals surface area contributed by atoms with E-state index in [1.165, 1.54) is 0 Å². The van der Waals surface area contributed by atoms with Crippen LogP contribution in [0.3, 0.4) is 0 Å². The second kappa shape index (κ2) is 5.22. The maximum atomic E-state index is 6.00. The van der Waals surface area contributed by atoms with Gasteiger partial charge >= 0.3 is 0 Å². The first kappa shape index (κ1) is 11.9. The van der Waals surface area contributed by atoms with Crippen LogP contribution in [-0.2, 0) is 4.74 Å². The Morgan fingerprint density at radius 1 is 1.22 bits per heavy atom. The summed E-state index contributed by atoms with van der Waals surface area (Å²) >= 11 is 6.00. The van der Waals surface area contributed by atoms with E-state index >= 15 is 0 Å². The maximum absolute atomic E-state index is 6.00. The molecular weight excluding hydrogens is 248 g/mol. The molecule has 0 spiro atoms. The smallest absolute Gasteiger partial charge is 0.101 e. The molecule has 1 fully saturated rings. The molecule has 1 aromatic heterocycles. The first-order chi connectivity index (χ1) is 8.83. The number of hydrogen-bond acceptors (Lipinski definition) is 3. The Bertz CT molecular complexity index is 550. The van der Waals surface area contributed by atoms with E-state index in [2.05, 4.69) is 16.4 Å². The monoisotopic (exact) mass is 262 g/mol. The summed E-state index contributed by atoms with van der Waals surface area (Å²) in [5.74, 6) is 0. The van der Waals surface area contributed by atoms with Crippen molar-refractivity contribution in [3.8, 4) is 0 Å². The van der Waals surface area contributed by atoms with Crippen LogP contribution in [0.5, 0.6) is 0 Å². The van der Waals surface area contributed by atoms with Crippen LogP contribution >= 0.6 is 11.6 Å². The number of aromatic nitrogens is 1. The van der Waals surface area contributed by atoms with Crippen LogP contribution in [0.4, 0.5) is 0 Å². The van der Waals surface area contributed by atoms with Gasteiger partial charge in [0.15, 0.2) is 0 Å². The van der Waals surface area contributed by atoms with Crippen molar-refractivity contribution in [2.75, 3.05) is 19.7 Å². The Balaban J connectivity index is 1.96. The van der Waals surface area contributed by atoms with E-state index in [4.69, 9.17) is 16.3 Å². The van der Waals surface area contributed by atoms with Gasteiger partial charge in [0.05, 0.1) is 17.8 Å². The van der Waals surface area contributed by atoms with Gasteiger partial charge in [-0.1, -0.05) is 23.7 Å². The van der Waals surface area contributed by atoms with Gasteiger partial charge in [-0.2, -0.15) is 0 Å². The van der Waals surface area contributed by atoms with Crippen molar-refractivity contribution in [2.45, 2.75) is 12.5 Å². The van der Waals surface area contributed by atoms with Crippen molar-refractivity contribution < 1.29 is 4.74 Å². The van der Waals surface area contributed by atoms with E-state index in [0.29, 0.717) is 0 Å². The van der Waals surface area contributed by atoms with E-state index in [-0.39, 0.29) is 6.10 Å². The lowest BCUT2D eigenvalue weighted by atomic mass is 10.1. The number of hydrogen-bond donors (Lipinski definition) is 1. The number of nitrogens with one attached hydrogen (secondary N) is 1. The minimum absolute atomic E-state index is 0.0865. The minimum Gasteiger partial charge on any atom is -0.371 e. The molecule has 1 unspecified atom stereocenters. The molecule has 3 rings (SSSR count). The Hall–Kier alpha value is -1.16. The summed E-state index contributed by atoms with van der Waals surface area (Å²) in [6, 6.07) is 9.90. The number of ether oxygens (including phenoxy) is 1. The lowest BCUT2D eigenvalue weighted by molar-refractivity contribution is 0.0616. The van der Waals surface area contributed by atoms with Gasteiger partial charge in [-0.3, -0.25) is 4.98 Å². The third-order valence-corrected chi connectivity index (χ3v) is 3.42. The van der Waals surface area contributed by atoms with Crippen molar-refractivity contribution in [1.82, 2.24) is 10.3 Å². The van der Waals surface area contributed by atoms with Crippen LogP contribution in [0.15, 0.2) is 30.3 Å². The van der Waals surface area contributed by atoms with Gasteiger partial charge in [-0.15, -0.1) is 0 Å². The molecule has 94 valence electrons. The third kappa shape index (κ3) is 2.48. The number of nitrogens with zero attached hydrogens (tertiary/aromatic N) is 1. The van der Waals surface area contributed by atoms with E-state index in [1.54, 1.807) is 0 Å². The molecule has 0 bridgehead atoms. The van der Waals surface area contributed by atoms with Crippen LogP contribution in [0.2, 0.25) is 5.02 Å². The molecule has 1 aliphatic heterocycles. The number of halogens is 1. The molecule has 1 N–H and O–H groups in total. The lowest BCUT2D eigenvalue weighted by Gasteiger charge is -2.14. The predicted molar refractivity (Wildman–Crippen MR) is 72.9 cm³/mol. The molecule has 2 heterocycles. The molecule has 4 heteroatoms. The number of fused-ring (bicyclic) bond motifs is 1. The Morgan fingerprint density at radius 3 is 3.06 bits per heavy atom. The fourth-order valence-electron chi connectivity index (χ4n) is 2.23. The molecule has 0 aliphatic carbocycles. The van der Waals surface area contributed by atoms with Crippen molar-refractivity contribution >= 4 is 22.5 Å². The molecule has 1 atom stereocenters. The molecule has 1 aliphatic rings. The second-order valence-electron chi connectivity index (χ2n) is 4.47. The predicted octanol–water partition coefficient (Wildman–Crippen LogP) is 2.94. The average molecular weight is 263 g/mol. The lowest BCUT2D eigenvalue weighted by Crippen LogP contribution is -2.16. The SMILES string of the molecule is Clc1ccc2ccc(C3CCNCCO3)nc2c1. The van der Waals surface area contributed by atoms with Crippen molar-refractivity contribution in [3.05, 3.63) is 41.0 Å². The third-order valence-electron chi connectivity index (χ3n) is 3.19. The summed E-state index contributed by atoms with van der Waals surface area (Å²) in [5.41, 5.74) is 1.93. The molecular formula is C14H15ClN2O. The number of rotatable bonds is 1. The van der Waals surface area contributed by atoms with Gasteiger partial charge in [0, 0.05) is 17.0 Å². The number of benzene rings is 1. The van der Waals surface area contributed by atoms with Crippen molar-refractivity contribution in [3.63, 3.8) is 0 Å². The molecule has 0 radical (unpaired) electrons. The van der Waals surface area contributed by atoms with E-state index in [1.807, 2.05) is 24.3 Å². The van der Waals surface area contributed by atoms with Gasteiger partial charge in [-0.05, 0) is 31.2 Å². The summed E-state index contributed by atoms with van der Waals surface area (Å²) in [5, 5.41) is 5.14. The van der Waals surface area contributed by atoms with Gasteiger partial charge in [0.25, 0.3) is 0 Å². The minimum atomic E-state index is 0.0865. The molecule has 1 saturated heterocycles. The normalized spacial score (nSPS) is 20.8. The summed E-state index contributed by atoms with van der Waals surface area (Å²) in [7, 11) is 0. The Labute approximate surface area is 111 Å². The Kier molecular flexibility index (Phi) is 3.46. The first-order valence-corrected chi connectivity index (χ1v) is 6.59. The topological polar surface area (TPSA) is 34.1 Å². The fraction of sp³-hybridized carbons (Fsp3) is 0.357. The zero-order valence-electron chi connectivity index (χ0n) is 10.0. The molecule has 18 heavy (non-hydrogen) atoms. The van der Waals surface area contributed by atoms with Crippen LogP contribution in [-0.4, -0.2) is 24.7 Å². The van der Waals surface area contributed by atoms with Gasteiger partial charge in [-0.25, -0.2) is 0 Å². The summed E-state index contributed by atoms with van der Waals surface area (Å²) in [6.45, 7) is 2.62. The highest BCUT2D eigenvalue weighted by molar-refractivity contribution is 6.31. The molecule has 0 amide bonds. The highest BCUT2D eigenvalue weighted by Crippen LogP contribution is 2.24. The van der Waals surface area contributed by atoms with Crippen molar-refractivity contribution in [1.29, 1.82) is 0 Å². The second-order valence-corrected chi connectivity index (χ2v) is 4.91. The molecule has 0 saturated carbocycles. The van der Waals surface area contributed by atoms with Gasteiger partial charge in [0.2, 0.25) is 0 Å². The molecule has 1 aromatic carbocycles. The van der Waals surface area contributed by atoms with Gasteiger partial charge < -0.3 is 10.1 Å². The van der Waals surface area contributed by atoms with E-state index in [9.17, 15) is 0 Å². The average Bonchev–Trinajstić information content (AvgIpc) is 2.66. The number of pyridine rings is 1. The molecule has 3 nitrogen and oxygen atoms in total. The van der Waals surface area contributed by atoms with Crippen LogP contribution < -0.4 is 5.32 Å². The van der Waals surface area contributed by atoms with Crippen LogP contribution in [0.25, 0.3) is 10.9 Å². The quantitative estimate of drug-likeness (QED) is 0.858. The standard InChI is InChI=1S/C14H15ClN2O/c15-11-3-1-10-2-4-12(17-13(10)9-11)14-5-6-16-7-8-18-14/h1-4,9,14,16H,5-8H2. The summed E-state index contributed by atoms with van der Waals surface area (Å²) in [4.78, 5) is 4.66. The first-order valence-electron chi connectivity index (χ1n) is 6.21. The van der Waals surface area contributed by atoms with E-state index < -0.39 is 0 Å².